The number of benzene rings is 1. The number of para-hydroxylation sites is 1. The monoisotopic (exact) mass is 394 g/mol. The van der Waals surface area contributed by atoms with Crippen LogP contribution in [-0.4, -0.2) is 26.9 Å². The fourth-order valence-corrected chi connectivity index (χ4v) is 3.96. The van der Waals surface area contributed by atoms with E-state index < -0.39 is 0 Å². The van der Waals surface area contributed by atoms with Crippen molar-refractivity contribution in [1.82, 2.24) is 0 Å². The number of aliphatic imine (C=N–C) groups is 1. The average molecular weight is 393 g/mol. The van der Waals surface area contributed by atoms with Crippen molar-refractivity contribution in [3.8, 4) is 0 Å². The Kier molecular flexibility index (Phi) is 8.91. The van der Waals surface area contributed by atoms with Crippen molar-refractivity contribution in [2.75, 3.05) is 0 Å². The summed E-state index contributed by atoms with van der Waals surface area (Å²) in [5.74, 6) is 0. The number of nitrogens with zero attached hydrogens (tertiary/aromatic N) is 1. The molecule has 1 aliphatic rings. The standard InChI is InChI=1S/C21H32NOSe/c1-17-13-12-14-18(2)20(17)22-21(24)23-19-15-10-8-6-4-3-5-7-9-11-16-19/h12-14,19H,3-11,15-16H2,1-2H3. The van der Waals surface area contributed by atoms with E-state index in [1.165, 1.54) is 68.9 Å². The second kappa shape index (κ2) is 10.9. The molecule has 0 heterocycles. The molecule has 0 amide bonds. The van der Waals surface area contributed by atoms with Crippen molar-refractivity contribution in [3.05, 3.63) is 29.3 Å². The van der Waals surface area contributed by atoms with Crippen molar-refractivity contribution in [3.63, 3.8) is 0 Å². The molecule has 1 aromatic rings. The van der Waals surface area contributed by atoms with Crippen LogP contribution < -0.4 is 0 Å². The molecule has 0 N–H and O–H groups in total. The fraction of sp³-hybridized carbons (Fsp3) is 0.667. The molecule has 0 spiro atoms. The van der Waals surface area contributed by atoms with Crippen LogP contribution in [-0.2, 0) is 4.74 Å². The molecule has 1 aromatic carbocycles. The molecular weight excluding hydrogens is 361 g/mol. The maximum atomic E-state index is 6.20. The Hall–Kier alpha value is -0.791. The SMILES string of the molecule is Cc1cccc(C)c1N=C([Se])OC1CCCCCCCCCCC1. The quantitative estimate of drug-likeness (QED) is 0.335. The Morgan fingerprint density at radius 2 is 1.33 bits per heavy atom. The molecule has 133 valence electrons. The summed E-state index contributed by atoms with van der Waals surface area (Å²) >= 11 is 3.04. The summed E-state index contributed by atoms with van der Waals surface area (Å²) in [6.45, 7) is 4.21. The molecule has 2 rings (SSSR count). The molecule has 1 fully saturated rings. The van der Waals surface area contributed by atoms with Crippen molar-refractivity contribution < 1.29 is 4.74 Å². The summed E-state index contributed by atoms with van der Waals surface area (Å²) in [6, 6.07) is 6.29. The van der Waals surface area contributed by atoms with Crippen molar-refractivity contribution in [2.45, 2.75) is 90.6 Å². The zero-order chi connectivity index (χ0) is 17.2. The molecule has 3 heteroatoms. The zero-order valence-corrected chi connectivity index (χ0v) is 17.1. The van der Waals surface area contributed by atoms with E-state index >= 15 is 0 Å². The minimum absolute atomic E-state index is 0.314. The van der Waals surface area contributed by atoms with Crippen LogP contribution in [0.1, 0.15) is 81.8 Å². The van der Waals surface area contributed by atoms with Gasteiger partial charge in [-0.05, 0) is 0 Å². The summed E-state index contributed by atoms with van der Waals surface area (Å²) in [5.41, 5.74) is 3.44. The van der Waals surface area contributed by atoms with Gasteiger partial charge in [0.15, 0.2) is 0 Å². The van der Waals surface area contributed by atoms with Crippen LogP contribution in [0.25, 0.3) is 0 Å². The van der Waals surface area contributed by atoms with Gasteiger partial charge in [-0.1, -0.05) is 0 Å². The number of ether oxygens (including phenoxy) is 1. The maximum absolute atomic E-state index is 6.20. The molecule has 0 unspecified atom stereocenters. The van der Waals surface area contributed by atoms with E-state index in [0.29, 0.717) is 10.9 Å². The summed E-state index contributed by atoms with van der Waals surface area (Å²) in [4.78, 5) is 5.42. The van der Waals surface area contributed by atoms with Gasteiger partial charge in [0.1, 0.15) is 0 Å². The molecule has 2 nitrogen and oxygen atoms in total. The number of hydrogen-bond donors (Lipinski definition) is 0. The second-order valence-corrected chi connectivity index (χ2v) is 7.85. The molecule has 1 radical (unpaired) electrons. The number of hydrogen-bond acceptors (Lipinski definition) is 2. The van der Waals surface area contributed by atoms with Crippen LogP contribution in [0.2, 0.25) is 0 Å². The first-order valence-electron chi connectivity index (χ1n) is 9.65. The van der Waals surface area contributed by atoms with Crippen LogP contribution in [0.3, 0.4) is 0 Å². The first kappa shape index (κ1) is 19.5. The molecule has 0 aromatic heterocycles. The first-order chi connectivity index (χ1) is 11.7. The van der Waals surface area contributed by atoms with Crippen molar-refractivity contribution >= 4 is 26.5 Å². The second-order valence-electron chi connectivity index (χ2n) is 7.12. The van der Waals surface area contributed by atoms with Gasteiger partial charge in [0.2, 0.25) is 0 Å². The summed E-state index contributed by atoms with van der Waals surface area (Å²) in [5, 5.41) is 0. The van der Waals surface area contributed by atoms with Crippen LogP contribution in [0, 0.1) is 13.8 Å². The number of rotatable bonds is 2. The van der Waals surface area contributed by atoms with Gasteiger partial charge >= 0.3 is 156 Å². The molecule has 1 saturated carbocycles. The Morgan fingerprint density at radius 3 is 1.83 bits per heavy atom. The third-order valence-corrected chi connectivity index (χ3v) is 5.36. The topological polar surface area (TPSA) is 21.6 Å². The summed E-state index contributed by atoms with van der Waals surface area (Å²) in [7, 11) is 0. The first-order valence-corrected chi connectivity index (χ1v) is 10.5. The van der Waals surface area contributed by atoms with E-state index in [0.717, 1.165) is 18.5 Å². The molecule has 24 heavy (non-hydrogen) atoms. The van der Waals surface area contributed by atoms with E-state index in [9.17, 15) is 0 Å². The normalized spacial score (nSPS) is 19.3. The van der Waals surface area contributed by atoms with Gasteiger partial charge in [0, 0.05) is 0 Å². The van der Waals surface area contributed by atoms with Crippen LogP contribution in [0.15, 0.2) is 23.2 Å². The van der Waals surface area contributed by atoms with Crippen LogP contribution in [0.4, 0.5) is 5.69 Å². The number of aryl methyl sites for hydroxylation is 2. The van der Waals surface area contributed by atoms with Gasteiger partial charge in [-0.3, -0.25) is 0 Å². The van der Waals surface area contributed by atoms with E-state index in [1.807, 2.05) is 0 Å². The predicted molar refractivity (Wildman–Crippen MR) is 104 cm³/mol. The third kappa shape index (κ3) is 6.99. The summed E-state index contributed by atoms with van der Waals surface area (Å²) < 4.78 is 6.20. The van der Waals surface area contributed by atoms with Crippen LogP contribution in [0.5, 0.6) is 0 Å². The van der Waals surface area contributed by atoms with Crippen molar-refractivity contribution in [2.24, 2.45) is 4.99 Å². The third-order valence-electron chi connectivity index (χ3n) is 4.96. The van der Waals surface area contributed by atoms with Gasteiger partial charge < -0.3 is 0 Å². The molecule has 0 saturated heterocycles. The van der Waals surface area contributed by atoms with Crippen molar-refractivity contribution in [1.29, 1.82) is 0 Å². The van der Waals surface area contributed by atoms with Gasteiger partial charge in [0.25, 0.3) is 0 Å². The molecule has 0 atom stereocenters. The Labute approximate surface area is 156 Å². The minimum atomic E-state index is 0.314. The average Bonchev–Trinajstić information content (AvgIpc) is 2.54. The van der Waals surface area contributed by atoms with Gasteiger partial charge in [0.05, 0.1) is 0 Å². The zero-order valence-electron chi connectivity index (χ0n) is 15.4. The molecule has 1 aliphatic carbocycles. The molecule has 0 aliphatic heterocycles. The van der Waals surface area contributed by atoms with Gasteiger partial charge in [-0.15, -0.1) is 0 Å². The predicted octanol–water partition coefficient (Wildman–Crippen LogP) is 6.15. The van der Waals surface area contributed by atoms with Gasteiger partial charge in [-0.25, -0.2) is 0 Å². The Balaban J connectivity index is 1.95. The van der Waals surface area contributed by atoms with E-state index in [1.54, 1.807) is 0 Å². The van der Waals surface area contributed by atoms with E-state index in [4.69, 9.17) is 9.73 Å². The van der Waals surface area contributed by atoms with Crippen LogP contribution >= 0.6 is 0 Å². The van der Waals surface area contributed by atoms with Gasteiger partial charge in [-0.2, -0.15) is 0 Å². The summed E-state index contributed by atoms with van der Waals surface area (Å²) in [6.07, 6.45) is 14.9. The van der Waals surface area contributed by atoms with E-state index in [2.05, 4.69) is 48.1 Å². The van der Waals surface area contributed by atoms with E-state index in [-0.39, 0.29) is 0 Å². The Bertz CT molecular complexity index is 494. The molecular formula is C21H32NOSe. The fourth-order valence-electron chi connectivity index (χ4n) is 3.49. The Morgan fingerprint density at radius 1 is 0.875 bits per heavy atom. The molecule has 0 bridgehead atoms.